The Morgan fingerprint density at radius 3 is 2.57 bits per heavy atom. The molecule has 0 bridgehead atoms. The van der Waals surface area contributed by atoms with Crippen LogP contribution < -0.4 is 5.32 Å². The van der Waals surface area contributed by atoms with Crippen LogP contribution in [-0.4, -0.2) is 11.9 Å². The van der Waals surface area contributed by atoms with E-state index in [9.17, 15) is 4.79 Å². The molecule has 0 aromatic carbocycles. The largest absolute Gasteiger partial charge is 0.350 e. The third kappa shape index (κ3) is 3.52. The summed E-state index contributed by atoms with van der Waals surface area (Å²) in [5.41, 5.74) is 0. The van der Waals surface area contributed by atoms with E-state index < -0.39 is 0 Å². The molecule has 1 rings (SSSR count). The van der Waals surface area contributed by atoms with Crippen LogP contribution in [-0.2, 0) is 4.79 Å². The van der Waals surface area contributed by atoms with Crippen LogP contribution in [0.2, 0.25) is 0 Å². The summed E-state index contributed by atoms with van der Waals surface area (Å²) in [7, 11) is 0. The summed E-state index contributed by atoms with van der Waals surface area (Å²) < 4.78 is 0. The Hall–Kier alpha value is -0.790. The summed E-state index contributed by atoms with van der Waals surface area (Å²) in [5.74, 6) is 0.739. The molecule has 1 amide bonds. The molecule has 0 unspecified atom stereocenters. The maximum absolute atomic E-state index is 11.3. The van der Waals surface area contributed by atoms with E-state index in [1.807, 2.05) is 6.92 Å². The number of rotatable bonds is 3. The number of carbonyl (C=O) groups is 1. The quantitative estimate of drug-likeness (QED) is 0.689. The zero-order chi connectivity index (χ0) is 10.4. The first kappa shape index (κ1) is 11.3. The van der Waals surface area contributed by atoms with Crippen molar-refractivity contribution in [2.45, 2.75) is 52.0 Å². The van der Waals surface area contributed by atoms with Crippen LogP contribution in [0.4, 0.5) is 0 Å². The molecule has 1 aliphatic rings. The highest BCUT2D eigenvalue weighted by Crippen LogP contribution is 2.26. The molecule has 1 N–H and O–H groups in total. The molecule has 1 aliphatic carbocycles. The van der Waals surface area contributed by atoms with Crippen molar-refractivity contribution in [3.63, 3.8) is 0 Å². The lowest BCUT2D eigenvalue weighted by Gasteiger charge is -2.27. The molecule has 14 heavy (non-hydrogen) atoms. The van der Waals surface area contributed by atoms with Crippen molar-refractivity contribution >= 4 is 5.91 Å². The summed E-state index contributed by atoms with van der Waals surface area (Å²) in [6.07, 6.45) is 9.95. The molecule has 1 atom stereocenters. The van der Waals surface area contributed by atoms with Crippen molar-refractivity contribution in [1.82, 2.24) is 5.32 Å². The van der Waals surface area contributed by atoms with E-state index in [0.717, 1.165) is 0 Å². The van der Waals surface area contributed by atoms with Gasteiger partial charge in [-0.15, -0.1) is 0 Å². The Bertz CT molecular complexity index is 204. The highest BCUT2D eigenvalue weighted by atomic mass is 16.1. The van der Waals surface area contributed by atoms with E-state index in [4.69, 9.17) is 0 Å². The molecule has 2 heteroatoms. The lowest BCUT2D eigenvalue weighted by molar-refractivity contribution is -0.117. The van der Waals surface area contributed by atoms with Gasteiger partial charge in [-0.1, -0.05) is 25.3 Å². The van der Waals surface area contributed by atoms with Gasteiger partial charge in [-0.3, -0.25) is 4.79 Å². The number of hydrogen-bond donors (Lipinski definition) is 1. The Morgan fingerprint density at radius 2 is 2.00 bits per heavy atom. The van der Waals surface area contributed by atoms with Crippen LogP contribution in [0, 0.1) is 5.92 Å². The lowest BCUT2D eigenvalue weighted by Crippen LogP contribution is -2.37. The predicted molar refractivity (Wildman–Crippen MR) is 59.0 cm³/mol. The molecule has 0 radical (unpaired) electrons. The fourth-order valence-corrected chi connectivity index (χ4v) is 2.18. The maximum atomic E-state index is 11.3. The number of allylic oxidation sites excluding steroid dienone is 1. The summed E-state index contributed by atoms with van der Waals surface area (Å²) in [4.78, 5) is 11.3. The van der Waals surface area contributed by atoms with E-state index in [1.165, 1.54) is 32.1 Å². The van der Waals surface area contributed by atoms with Gasteiger partial charge in [0.15, 0.2) is 0 Å². The smallest absolute Gasteiger partial charge is 0.243 e. The minimum Gasteiger partial charge on any atom is -0.350 e. The van der Waals surface area contributed by atoms with Crippen molar-refractivity contribution in [2.75, 3.05) is 0 Å². The minimum absolute atomic E-state index is 0.0468. The van der Waals surface area contributed by atoms with E-state index >= 15 is 0 Å². The second kappa shape index (κ2) is 5.84. The molecular weight excluding hydrogens is 174 g/mol. The van der Waals surface area contributed by atoms with E-state index in [2.05, 4.69) is 12.2 Å². The van der Waals surface area contributed by atoms with Crippen LogP contribution in [0.1, 0.15) is 46.0 Å². The average molecular weight is 195 g/mol. The number of carbonyl (C=O) groups excluding carboxylic acids is 1. The van der Waals surface area contributed by atoms with Crippen LogP contribution in [0.3, 0.4) is 0 Å². The molecule has 80 valence electrons. The van der Waals surface area contributed by atoms with Crippen molar-refractivity contribution in [3.05, 3.63) is 12.2 Å². The van der Waals surface area contributed by atoms with Crippen LogP contribution >= 0.6 is 0 Å². The molecule has 1 fully saturated rings. The van der Waals surface area contributed by atoms with Gasteiger partial charge in [0.05, 0.1) is 0 Å². The second-order valence-corrected chi connectivity index (χ2v) is 4.20. The molecular formula is C12H21NO. The standard InChI is InChI=1S/C12H21NO/c1-3-7-12(14)13-10(2)11-8-5-4-6-9-11/h3,7,10-11H,4-6,8-9H2,1-2H3,(H,13,14)/b7-3+/t10-/m1/s1. The minimum atomic E-state index is 0.0468. The maximum Gasteiger partial charge on any atom is 0.243 e. The summed E-state index contributed by atoms with van der Waals surface area (Å²) in [5, 5.41) is 3.02. The van der Waals surface area contributed by atoms with Crippen molar-refractivity contribution in [3.8, 4) is 0 Å². The Balaban J connectivity index is 2.32. The number of amides is 1. The van der Waals surface area contributed by atoms with Crippen molar-refractivity contribution < 1.29 is 4.79 Å². The molecule has 0 aliphatic heterocycles. The lowest BCUT2D eigenvalue weighted by atomic mass is 9.84. The van der Waals surface area contributed by atoms with Crippen LogP contribution in [0.25, 0.3) is 0 Å². The first-order valence-corrected chi connectivity index (χ1v) is 5.67. The molecule has 1 saturated carbocycles. The summed E-state index contributed by atoms with van der Waals surface area (Å²) in [6, 6.07) is 0.332. The monoisotopic (exact) mass is 195 g/mol. The first-order chi connectivity index (χ1) is 6.74. The second-order valence-electron chi connectivity index (χ2n) is 4.20. The van der Waals surface area contributed by atoms with Crippen molar-refractivity contribution in [2.24, 2.45) is 5.92 Å². The zero-order valence-corrected chi connectivity index (χ0v) is 9.25. The Kier molecular flexibility index (Phi) is 4.71. The Morgan fingerprint density at radius 1 is 1.36 bits per heavy atom. The van der Waals surface area contributed by atoms with Gasteiger partial charge < -0.3 is 5.32 Å². The fourth-order valence-electron chi connectivity index (χ4n) is 2.18. The zero-order valence-electron chi connectivity index (χ0n) is 9.25. The fraction of sp³-hybridized carbons (Fsp3) is 0.750. The first-order valence-electron chi connectivity index (χ1n) is 5.67. The number of hydrogen-bond acceptors (Lipinski definition) is 1. The molecule has 0 aromatic heterocycles. The van der Waals surface area contributed by atoms with E-state index in [1.54, 1.807) is 12.2 Å². The van der Waals surface area contributed by atoms with Gasteiger partial charge in [0.25, 0.3) is 0 Å². The Labute approximate surface area is 86.8 Å². The van der Waals surface area contributed by atoms with Gasteiger partial charge in [-0.25, -0.2) is 0 Å². The molecule has 0 aromatic rings. The van der Waals surface area contributed by atoms with Crippen LogP contribution in [0.5, 0.6) is 0 Å². The van der Waals surface area contributed by atoms with Gasteiger partial charge in [0, 0.05) is 6.04 Å². The molecule has 2 nitrogen and oxygen atoms in total. The summed E-state index contributed by atoms with van der Waals surface area (Å²) in [6.45, 7) is 3.99. The van der Waals surface area contributed by atoms with E-state index in [-0.39, 0.29) is 5.91 Å². The van der Waals surface area contributed by atoms with Crippen LogP contribution in [0.15, 0.2) is 12.2 Å². The van der Waals surface area contributed by atoms with Gasteiger partial charge in [0.1, 0.15) is 0 Å². The molecule has 0 spiro atoms. The third-order valence-electron chi connectivity index (χ3n) is 3.04. The number of nitrogens with one attached hydrogen (secondary N) is 1. The SMILES string of the molecule is C/C=C/C(=O)N[C@H](C)C1CCCCC1. The van der Waals surface area contributed by atoms with Gasteiger partial charge >= 0.3 is 0 Å². The topological polar surface area (TPSA) is 29.1 Å². The molecule has 0 heterocycles. The average Bonchev–Trinajstić information content (AvgIpc) is 2.19. The van der Waals surface area contributed by atoms with Crippen molar-refractivity contribution in [1.29, 1.82) is 0 Å². The van der Waals surface area contributed by atoms with E-state index in [0.29, 0.717) is 12.0 Å². The normalized spacial score (nSPS) is 21.0. The summed E-state index contributed by atoms with van der Waals surface area (Å²) >= 11 is 0. The van der Waals surface area contributed by atoms with Gasteiger partial charge in [-0.05, 0) is 38.7 Å². The van der Waals surface area contributed by atoms with Gasteiger partial charge in [-0.2, -0.15) is 0 Å². The molecule has 0 saturated heterocycles. The predicted octanol–water partition coefficient (Wildman–Crippen LogP) is 2.65. The van der Waals surface area contributed by atoms with Gasteiger partial charge in [0.2, 0.25) is 5.91 Å². The third-order valence-corrected chi connectivity index (χ3v) is 3.04. The highest BCUT2D eigenvalue weighted by molar-refractivity contribution is 5.87. The highest BCUT2D eigenvalue weighted by Gasteiger charge is 2.20.